The van der Waals surface area contributed by atoms with Crippen LogP contribution in [0.25, 0.3) is 6.08 Å². The summed E-state index contributed by atoms with van der Waals surface area (Å²) in [4.78, 5) is 20.1. The number of benzene rings is 2. The Morgan fingerprint density at radius 3 is 2.45 bits per heavy atom. The summed E-state index contributed by atoms with van der Waals surface area (Å²) in [6, 6.07) is 12.6. The summed E-state index contributed by atoms with van der Waals surface area (Å²) in [5.74, 6) is -1.35. The Morgan fingerprint density at radius 2 is 1.74 bits per heavy atom. The highest BCUT2D eigenvalue weighted by atomic mass is 32.2. The molecule has 0 saturated carbocycles. The van der Waals surface area contributed by atoms with E-state index < -0.39 is 11.6 Å². The van der Waals surface area contributed by atoms with Gasteiger partial charge >= 0.3 is 0 Å². The van der Waals surface area contributed by atoms with Crippen LogP contribution in [0.5, 0.6) is 0 Å². The molecule has 0 N–H and O–H groups in total. The summed E-state index contributed by atoms with van der Waals surface area (Å²) in [5, 5.41) is 0. The molecule has 1 amide bonds. The summed E-state index contributed by atoms with van der Waals surface area (Å²) in [7, 11) is 2.16. The van der Waals surface area contributed by atoms with Gasteiger partial charge in [0.05, 0.1) is 4.91 Å². The van der Waals surface area contributed by atoms with Gasteiger partial charge in [-0.15, -0.1) is 11.8 Å². The fraction of sp³-hybridized carbons (Fsp3) is 0.375. The van der Waals surface area contributed by atoms with Crippen LogP contribution < -0.4 is 9.80 Å². The lowest BCUT2D eigenvalue weighted by Crippen LogP contribution is -2.55. The van der Waals surface area contributed by atoms with Crippen molar-refractivity contribution < 1.29 is 13.6 Å². The van der Waals surface area contributed by atoms with Gasteiger partial charge in [-0.05, 0) is 50.7 Å². The van der Waals surface area contributed by atoms with Crippen molar-refractivity contribution in [3.8, 4) is 0 Å². The van der Waals surface area contributed by atoms with Gasteiger partial charge in [0.25, 0.3) is 5.91 Å². The van der Waals surface area contributed by atoms with Crippen molar-refractivity contribution in [1.82, 2.24) is 4.90 Å². The van der Waals surface area contributed by atoms with E-state index in [4.69, 9.17) is 0 Å². The van der Waals surface area contributed by atoms with E-state index in [0.29, 0.717) is 35.0 Å². The van der Waals surface area contributed by atoms with Gasteiger partial charge in [0.2, 0.25) is 0 Å². The summed E-state index contributed by atoms with van der Waals surface area (Å²) < 4.78 is 27.0. The molecule has 4 rings (SSSR count). The third-order valence-electron chi connectivity index (χ3n) is 6.17. The lowest BCUT2D eigenvalue weighted by molar-refractivity contribution is -0.114. The van der Waals surface area contributed by atoms with Crippen LogP contribution in [0.4, 0.5) is 20.2 Å². The van der Waals surface area contributed by atoms with Crippen LogP contribution in [-0.2, 0) is 4.79 Å². The first-order valence-corrected chi connectivity index (χ1v) is 11.5. The Balaban J connectivity index is 1.63. The molecule has 2 aromatic carbocycles. The molecule has 2 heterocycles. The molecule has 0 radical (unpaired) electrons. The third-order valence-corrected chi connectivity index (χ3v) is 7.16. The van der Waals surface area contributed by atoms with Crippen LogP contribution in [0.15, 0.2) is 47.4 Å². The molecule has 0 spiro atoms. The number of halogens is 2. The van der Waals surface area contributed by atoms with Crippen molar-refractivity contribution >= 4 is 35.1 Å². The molecular formula is C24H27F2N3OS. The number of anilines is 2. The Hall–Kier alpha value is -2.38. The van der Waals surface area contributed by atoms with Crippen LogP contribution in [0.2, 0.25) is 0 Å². The second-order valence-electron chi connectivity index (χ2n) is 8.24. The Labute approximate surface area is 186 Å². The Bertz CT molecular complexity index is 1000. The van der Waals surface area contributed by atoms with Crippen molar-refractivity contribution in [2.24, 2.45) is 0 Å². The van der Waals surface area contributed by atoms with Crippen molar-refractivity contribution in [1.29, 1.82) is 0 Å². The highest BCUT2D eigenvalue weighted by Gasteiger charge is 2.29. The topological polar surface area (TPSA) is 26.8 Å². The molecule has 2 unspecified atom stereocenters. The minimum atomic E-state index is -0.947. The minimum Gasteiger partial charge on any atom is -0.368 e. The number of piperazine rings is 1. The van der Waals surface area contributed by atoms with Gasteiger partial charge in [-0.2, -0.15) is 0 Å². The number of nitrogens with zero attached hydrogens (tertiary/aromatic N) is 3. The molecular weight excluding hydrogens is 416 g/mol. The van der Waals surface area contributed by atoms with Crippen molar-refractivity contribution in [3.63, 3.8) is 0 Å². The largest absolute Gasteiger partial charge is 0.368 e. The first kappa shape index (κ1) is 21.8. The summed E-state index contributed by atoms with van der Waals surface area (Å²) in [5.41, 5.74) is 2.49. The van der Waals surface area contributed by atoms with E-state index in [-0.39, 0.29) is 5.91 Å². The van der Waals surface area contributed by atoms with E-state index in [0.717, 1.165) is 36.5 Å². The van der Waals surface area contributed by atoms with Gasteiger partial charge in [0, 0.05) is 54.9 Å². The Kier molecular flexibility index (Phi) is 6.34. The van der Waals surface area contributed by atoms with Gasteiger partial charge < -0.3 is 9.80 Å². The number of rotatable bonds is 3. The third kappa shape index (κ3) is 4.48. The normalized spacial score (nSPS) is 24.2. The maximum absolute atomic E-state index is 13.7. The van der Waals surface area contributed by atoms with Gasteiger partial charge in [-0.3, -0.25) is 9.69 Å². The first-order chi connectivity index (χ1) is 14.8. The zero-order valence-electron chi connectivity index (χ0n) is 18.0. The molecule has 2 aromatic rings. The SMILES string of the molecule is CC1CN(c2ccccc2/C=C2/SCCN(c3ccc(F)c(F)c3)C2=O)CC(C)N1C. The smallest absolute Gasteiger partial charge is 0.264 e. The second kappa shape index (κ2) is 9.01. The van der Waals surface area contributed by atoms with Crippen LogP contribution >= 0.6 is 11.8 Å². The van der Waals surface area contributed by atoms with Gasteiger partial charge in [0.15, 0.2) is 11.6 Å². The molecule has 2 aliphatic heterocycles. The van der Waals surface area contributed by atoms with Crippen LogP contribution in [-0.4, -0.2) is 55.3 Å². The number of carbonyl (C=O) groups excluding carboxylic acids is 1. The zero-order chi connectivity index (χ0) is 22.1. The number of hydrogen-bond donors (Lipinski definition) is 0. The fourth-order valence-electron chi connectivity index (χ4n) is 4.19. The molecule has 2 atom stereocenters. The van der Waals surface area contributed by atoms with Crippen LogP contribution in [0.1, 0.15) is 19.4 Å². The highest BCUT2D eigenvalue weighted by Crippen LogP contribution is 2.33. The predicted molar refractivity (Wildman–Crippen MR) is 124 cm³/mol. The Morgan fingerprint density at radius 1 is 1.03 bits per heavy atom. The van der Waals surface area contributed by atoms with E-state index in [1.807, 2.05) is 24.3 Å². The number of hydrogen-bond acceptors (Lipinski definition) is 4. The van der Waals surface area contributed by atoms with Gasteiger partial charge in [-0.1, -0.05) is 18.2 Å². The van der Waals surface area contributed by atoms with Crippen LogP contribution in [0.3, 0.4) is 0 Å². The fourth-order valence-corrected chi connectivity index (χ4v) is 5.12. The molecule has 0 aliphatic carbocycles. The summed E-state index contributed by atoms with van der Waals surface area (Å²) in [6.07, 6.45) is 1.93. The van der Waals surface area contributed by atoms with E-state index in [9.17, 15) is 13.6 Å². The quantitative estimate of drug-likeness (QED) is 0.647. The molecule has 164 valence electrons. The monoisotopic (exact) mass is 443 g/mol. The highest BCUT2D eigenvalue weighted by molar-refractivity contribution is 8.04. The number of para-hydroxylation sites is 1. The summed E-state index contributed by atoms with van der Waals surface area (Å²) >= 11 is 1.50. The molecule has 0 bridgehead atoms. The van der Waals surface area contributed by atoms with Crippen molar-refractivity contribution in [2.45, 2.75) is 25.9 Å². The molecule has 0 aromatic heterocycles. The first-order valence-electron chi connectivity index (χ1n) is 10.5. The van der Waals surface area contributed by atoms with E-state index in [1.54, 1.807) is 0 Å². The average molecular weight is 444 g/mol. The number of carbonyl (C=O) groups is 1. The average Bonchev–Trinajstić information content (AvgIpc) is 2.75. The van der Waals surface area contributed by atoms with E-state index in [2.05, 4.69) is 36.8 Å². The molecule has 31 heavy (non-hydrogen) atoms. The van der Waals surface area contributed by atoms with Crippen molar-refractivity contribution in [3.05, 3.63) is 64.6 Å². The van der Waals surface area contributed by atoms with Crippen LogP contribution in [0, 0.1) is 11.6 Å². The lowest BCUT2D eigenvalue weighted by atomic mass is 10.1. The standard InChI is InChI=1S/C24H27F2N3OS/c1-16-14-28(15-17(2)27(16)3)22-7-5-4-6-18(22)12-23-24(30)29(10-11-31-23)19-8-9-20(25)21(26)13-19/h4-9,12-13,16-17H,10-11,14-15H2,1-3H3/b23-12+. The molecule has 2 fully saturated rings. The summed E-state index contributed by atoms with van der Waals surface area (Å²) in [6.45, 7) is 6.75. The lowest BCUT2D eigenvalue weighted by Gasteiger charge is -2.44. The maximum atomic E-state index is 13.7. The number of thioether (sulfide) groups is 1. The maximum Gasteiger partial charge on any atom is 0.264 e. The molecule has 2 saturated heterocycles. The zero-order valence-corrected chi connectivity index (χ0v) is 18.8. The second-order valence-corrected chi connectivity index (χ2v) is 9.38. The molecule has 2 aliphatic rings. The number of amides is 1. The number of likely N-dealkylation sites (N-methyl/N-ethyl adjacent to an activating group) is 1. The molecule has 7 heteroatoms. The van der Waals surface area contributed by atoms with Gasteiger partial charge in [0.1, 0.15) is 0 Å². The van der Waals surface area contributed by atoms with Gasteiger partial charge in [-0.25, -0.2) is 8.78 Å². The van der Waals surface area contributed by atoms with Crippen molar-refractivity contribution in [2.75, 3.05) is 42.2 Å². The van der Waals surface area contributed by atoms with E-state index >= 15 is 0 Å². The van der Waals surface area contributed by atoms with E-state index in [1.165, 1.54) is 22.7 Å². The predicted octanol–water partition coefficient (Wildman–Crippen LogP) is 4.61. The molecule has 4 nitrogen and oxygen atoms in total. The minimum absolute atomic E-state index is 0.183.